The first kappa shape index (κ1) is 27.0. The van der Waals surface area contributed by atoms with E-state index >= 15 is 0 Å². The number of amides is 3. The first-order chi connectivity index (χ1) is 18.7. The quantitative estimate of drug-likeness (QED) is 0.582. The summed E-state index contributed by atoms with van der Waals surface area (Å²) in [5.41, 5.74) is 2.24. The van der Waals surface area contributed by atoms with E-state index in [4.69, 9.17) is 19.3 Å². The van der Waals surface area contributed by atoms with Gasteiger partial charge in [0.05, 0.1) is 30.7 Å². The van der Waals surface area contributed by atoms with E-state index in [1.54, 1.807) is 4.90 Å². The number of carbonyl (C=O) groups is 2. The van der Waals surface area contributed by atoms with Gasteiger partial charge in [-0.15, -0.1) is 0 Å². The first-order valence-electron chi connectivity index (χ1n) is 13.5. The predicted molar refractivity (Wildman–Crippen MR) is 146 cm³/mol. The molecule has 11 heteroatoms. The summed E-state index contributed by atoms with van der Waals surface area (Å²) in [6, 6.07) is 9.09. The van der Waals surface area contributed by atoms with Gasteiger partial charge in [-0.05, 0) is 50.6 Å². The van der Waals surface area contributed by atoms with Crippen molar-refractivity contribution < 1.29 is 23.8 Å². The van der Waals surface area contributed by atoms with Gasteiger partial charge in [0.2, 0.25) is 6.79 Å². The number of rotatable bonds is 7. The number of carbonyl (C=O) groups excluding carboxylic acids is 2. The minimum atomic E-state index is -0.433. The second-order valence-electron chi connectivity index (χ2n) is 11.2. The molecule has 1 aromatic carbocycles. The minimum Gasteiger partial charge on any atom is -0.454 e. The molecule has 3 aliphatic heterocycles. The second-order valence-corrected chi connectivity index (χ2v) is 11.2. The Labute approximate surface area is 229 Å². The highest BCUT2D eigenvalue weighted by molar-refractivity contribution is 6.02. The number of hydrogen-bond acceptors (Lipinski definition) is 7. The highest BCUT2D eigenvalue weighted by atomic mass is 16.7. The fourth-order valence-corrected chi connectivity index (χ4v) is 5.01. The van der Waals surface area contributed by atoms with Crippen LogP contribution in [0.15, 0.2) is 41.6 Å². The second kappa shape index (κ2) is 11.3. The Morgan fingerprint density at radius 1 is 1.13 bits per heavy atom. The zero-order valence-corrected chi connectivity index (χ0v) is 23.2. The molecule has 1 atom stereocenters. The average molecular weight is 539 g/mol. The summed E-state index contributed by atoms with van der Waals surface area (Å²) in [5.74, 6) is 1.10. The van der Waals surface area contributed by atoms with Gasteiger partial charge in [-0.25, -0.2) is 9.80 Å². The monoisotopic (exact) mass is 538 g/mol. The van der Waals surface area contributed by atoms with E-state index in [0.29, 0.717) is 44.2 Å². The standard InChI is InChI=1S/C28H38N6O5/c1-28(2,3)29-27(36)33(11-10-32-12-14-37-15-13-32)18-26(35)34-23(17-21(30-34)22-6-5-9-31(22)4)20-7-8-24-25(16-20)39-19-38-24/h5-9,16,23H,10-15,17-19H2,1-4H3,(H,29,36)/t23-/m1/s1. The number of fused-ring (bicyclic) bond motifs is 1. The normalized spacial score (nSPS) is 19.2. The lowest BCUT2D eigenvalue weighted by Crippen LogP contribution is -2.53. The Bertz CT molecular complexity index is 1230. The van der Waals surface area contributed by atoms with Crippen LogP contribution in [0.2, 0.25) is 0 Å². The number of hydrazone groups is 1. The van der Waals surface area contributed by atoms with Crippen LogP contribution in [-0.4, -0.2) is 95.3 Å². The minimum absolute atomic E-state index is 0.0861. The Morgan fingerprint density at radius 3 is 2.62 bits per heavy atom. The van der Waals surface area contributed by atoms with Gasteiger partial charge in [-0.1, -0.05) is 6.07 Å². The van der Waals surface area contributed by atoms with Crippen LogP contribution in [0.5, 0.6) is 11.5 Å². The fourth-order valence-electron chi connectivity index (χ4n) is 5.01. The van der Waals surface area contributed by atoms with Gasteiger partial charge in [0.25, 0.3) is 5.91 Å². The molecule has 1 saturated heterocycles. The number of nitrogens with zero attached hydrogens (tertiary/aromatic N) is 5. The molecule has 0 radical (unpaired) electrons. The van der Waals surface area contributed by atoms with Crippen molar-refractivity contribution in [3.63, 3.8) is 0 Å². The van der Waals surface area contributed by atoms with E-state index in [0.717, 1.165) is 30.1 Å². The Morgan fingerprint density at radius 2 is 1.90 bits per heavy atom. The van der Waals surface area contributed by atoms with Crippen LogP contribution in [0.3, 0.4) is 0 Å². The lowest BCUT2D eigenvalue weighted by atomic mass is 10.00. The smallest absolute Gasteiger partial charge is 0.318 e. The molecule has 1 N–H and O–H groups in total. The van der Waals surface area contributed by atoms with Crippen molar-refractivity contribution in [2.24, 2.45) is 12.1 Å². The van der Waals surface area contributed by atoms with Crippen LogP contribution in [-0.2, 0) is 16.6 Å². The maximum Gasteiger partial charge on any atom is 0.318 e. The maximum atomic E-state index is 13.9. The highest BCUT2D eigenvalue weighted by Crippen LogP contribution is 2.39. The molecule has 0 unspecified atom stereocenters. The number of aromatic nitrogens is 1. The van der Waals surface area contributed by atoms with Crippen molar-refractivity contribution in [2.75, 3.05) is 52.7 Å². The molecule has 0 saturated carbocycles. The molecule has 4 heterocycles. The molecule has 2 aromatic rings. The predicted octanol–water partition coefficient (Wildman–Crippen LogP) is 2.57. The van der Waals surface area contributed by atoms with Gasteiger partial charge in [-0.2, -0.15) is 5.10 Å². The molecule has 39 heavy (non-hydrogen) atoms. The summed E-state index contributed by atoms with van der Waals surface area (Å²) in [7, 11) is 1.96. The van der Waals surface area contributed by atoms with Crippen LogP contribution >= 0.6 is 0 Å². The number of ether oxygens (including phenoxy) is 3. The van der Waals surface area contributed by atoms with Gasteiger partial charge in [0.15, 0.2) is 11.5 Å². The molecular formula is C28H38N6O5. The third kappa shape index (κ3) is 6.36. The number of aryl methyl sites for hydroxylation is 1. The Kier molecular flexibility index (Phi) is 7.81. The summed E-state index contributed by atoms with van der Waals surface area (Å²) in [5, 5.41) is 9.35. The van der Waals surface area contributed by atoms with E-state index < -0.39 is 5.54 Å². The van der Waals surface area contributed by atoms with Crippen molar-refractivity contribution in [3.8, 4) is 11.5 Å². The maximum absolute atomic E-state index is 13.9. The van der Waals surface area contributed by atoms with Gasteiger partial charge in [-0.3, -0.25) is 9.69 Å². The fraction of sp³-hybridized carbons (Fsp3) is 0.536. The molecule has 11 nitrogen and oxygen atoms in total. The van der Waals surface area contributed by atoms with Gasteiger partial charge in [0, 0.05) is 51.4 Å². The van der Waals surface area contributed by atoms with E-state index in [1.165, 1.54) is 5.01 Å². The number of nitrogens with one attached hydrogen (secondary N) is 1. The van der Waals surface area contributed by atoms with Gasteiger partial charge >= 0.3 is 6.03 Å². The molecule has 210 valence electrons. The molecule has 0 spiro atoms. The highest BCUT2D eigenvalue weighted by Gasteiger charge is 2.36. The Balaban J connectivity index is 1.38. The molecular weight excluding hydrogens is 500 g/mol. The summed E-state index contributed by atoms with van der Waals surface area (Å²) < 4.78 is 18.5. The van der Waals surface area contributed by atoms with E-state index in [-0.39, 0.29) is 31.3 Å². The third-order valence-electron chi connectivity index (χ3n) is 7.07. The van der Waals surface area contributed by atoms with Crippen molar-refractivity contribution in [2.45, 2.75) is 38.8 Å². The summed E-state index contributed by atoms with van der Waals surface area (Å²) >= 11 is 0. The van der Waals surface area contributed by atoms with Crippen LogP contribution in [0.4, 0.5) is 4.79 Å². The van der Waals surface area contributed by atoms with E-state index in [1.807, 2.05) is 68.9 Å². The summed E-state index contributed by atoms with van der Waals surface area (Å²) in [6.45, 7) is 9.94. The van der Waals surface area contributed by atoms with Crippen LogP contribution < -0.4 is 14.8 Å². The topological polar surface area (TPSA) is 101 Å². The molecule has 1 aromatic heterocycles. The molecule has 3 amide bonds. The van der Waals surface area contributed by atoms with Crippen LogP contribution in [0, 0.1) is 0 Å². The zero-order chi connectivity index (χ0) is 27.6. The third-order valence-corrected chi connectivity index (χ3v) is 7.07. The molecule has 0 bridgehead atoms. The average Bonchev–Trinajstić information content (AvgIpc) is 3.64. The Hall–Kier alpha value is -3.57. The van der Waals surface area contributed by atoms with Crippen molar-refractivity contribution in [3.05, 3.63) is 47.8 Å². The van der Waals surface area contributed by atoms with E-state index in [9.17, 15) is 9.59 Å². The van der Waals surface area contributed by atoms with Crippen molar-refractivity contribution in [1.82, 2.24) is 24.7 Å². The number of hydrogen-bond donors (Lipinski definition) is 1. The molecule has 3 aliphatic rings. The zero-order valence-electron chi connectivity index (χ0n) is 23.2. The molecule has 1 fully saturated rings. The van der Waals surface area contributed by atoms with Crippen LogP contribution in [0.1, 0.15) is 44.5 Å². The SMILES string of the molecule is Cn1cccc1C1=NN(C(=O)CN(CCN2CCOCC2)C(=O)NC(C)(C)C)[C@@H](c2ccc3c(c2)OCO3)C1. The lowest BCUT2D eigenvalue weighted by molar-refractivity contribution is -0.133. The molecule has 5 rings (SSSR count). The van der Waals surface area contributed by atoms with Crippen molar-refractivity contribution in [1.29, 1.82) is 0 Å². The molecule has 0 aliphatic carbocycles. The van der Waals surface area contributed by atoms with Gasteiger partial charge < -0.3 is 29.0 Å². The number of benzene rings is 1. The first-order valence-corrected chi connectivity index (χ1v) is 13.5. The summed E-state index contributed by atoms with van der Waals surface area (Å²) in [6.07, 6.45) is 2.51. The van der Waals surface area contributed by atoms with E-state index in [2.05, 4.69) is 10.2 Å². The number of morpholine rings is 1. The summed E-state index contributed by atoms with van der Waals surface area (Å²) in [4.78, 5) is 31.0. The lowest BCUT2D eigenvalue weighted by Gasteiger charge is -2.32. The largest absolute Gasteiger partial charge is 0.454 e. The number of urea groups is 1. The van der Waals surface area contributed by atoms with Gasteiger partial charge in [0.1, 0.15) is 6.54 Å². The van der Waals surface area contributed by atoms with Crippen molar-refractivity contribution >= 4 is 17.6 Å². The van der Waals surface area contributed by atoms with Crippen LogP contribution in [0.25, 0.3) is 0 Å².